The molecule has 0 unspecified atom stereocenters. The lowest BCUT2D eigenvalue weighted by Gasteiger charge is -2.10. The van der Waals surface area contributed by atoms with Crippen LogP contribution in [0.1, 0.15) is 27.0 Å². The predicted octanol–water partition coefficient (Wildman–Crippen LogP) is 2.10. The fourth-order valence-electron chi connectivity index (χ4n) is 2.19. The second-order valence-electron chi connectivity index (χ2n) is 5.40. The molecule has 0 aliphatic rings. The number of rotatable bonds is 6. The summed E-state index contributed by atoms with van der Waals surface area (Å²) < 4.78 is 5.52. The van der Waals surface area contributed by atoms with Crippen LogP contribution >= 0.6 is 0 Å². The normalized spacial score (nSPS) is 10.2. The number of carbonyl (C=O) groups excluding carboxylic acids is 2. The maximum Gasteiger partial charge on any atom is 0.258 e. The van der Waals surface area contributed by atoms with Crippen molar-refractivity contribution in [1.82, 2.24) is 5.32 Å². The van der Waals surface area contributed by atoms with E-state index in [0.29, 0.717) is 17.9 Å². The molecule has 120 valence electrons. The van der Waals surface area contributed by atoms with Gasteiger partial charge in [-0.15, -0.1) is 0 Å². The van der Waals surface area contributed by atoms with Crippen LogP contribution in [0.15, 0.2) is 42.5 Å². The fraction of sp³-hybridized carbons (Fsp3) is 0.222. The van der Waals surface area contributed by atoms with Crippen molar-refractivity contribution in [3.05, 3.63) is 64.7 Å². The Morgan fingerprint density at radius 3 is 2.61 bits per heavy atom. The topological polar surface area (TPSA) is 81.4 Å². The van der Waals surface area contributed by atoms with E-state index in [0.717, 1.165) is 16.7 Å². The van der Waals surface area contributed by atoms with Crippen molar-refractivity contribution in [2.45, 2.75) is 20.4 Å². The molecule has 2 amide bonds. The van der Waals surface area contributed by atoms with E-state index in [9.17, 15) is 9.59 Å². The molecule has 0 bridgehead atoms. The van der Waals surface area contributed by atoms with Crippen LogP contribution in [0, 0.1) is 13.8 Å². The number of primary amides is 1. The molecule has 2 aromatic carbocycles. The molecule has 5 nitrogen and oxygen atoms in total. The second kappa shape index (κ2) is 7.45. The summed E-state index contributed by atoms with van der Waals surface area (Å²) in [5.41, 5.74) is 8.59. The number of nitrogens with one attached hydrogen (secondary N) is 1. The van der Waals surface area contributed by atoms with E-state index in [2.05, 4.69) is 5.32 Å². The molecule has 5 heteroatoms. The highest BCUT2D eigenvalue weighted by atomic mass is 16.5. The highest BCUT2D eigenvalue weighted by Gasteiger charge is 2.06. The summed E-state index contributed by atoms with van der Waals surface area (Å²) in [6.07, 6.45) is 0. The van der Waals surface area contributed by atoms with Crippen LogP contribution in [0.5, 0.6) is 5.75 Å². The van der Waals surface area contributed by atoms with Crippen molar-refractivity contribution >= 4 is 11.8 Å². The third-order valence-electron chi connectivity index (χ3n) is 3.39. The molecule has 23 heavy (non-hydrogen) atoms. The van der Waals surface area contributed by atoms with Crippen LogP contribution in [0.4, 0.5) is 0 Å². The SMILES string of the molecule is Cc1ccc(OCC(=O)NCc2cccc(C(N)=O)c2)c(C)c1. The first kappa shape index (κ1) is 16.5. The highest BCUT2D eigenvalue weighted by molar-refractivity contribution is 5.92. The van der Waals surface area contributed by atoms with E-state index < -0.39 is 5.91 Å². The lowest BCUT2D eigenvalue weighted by atomic mass is 10.1. The average molecular weight is 312 g/mol. The Kier molecular flexibility index (Phi) is 5.36. The number of amides is 2. The van der Waals surface area contributed by atoms with Crippen LogP contribution in [0.25, 0.3) is 0 Å². The largest absolute Gasteiger partial charge is 0.484 e. The van der Waals surface area contributed by atoms with Gasteiger partial charge in [0.25, 0.3) is 5.91 Å². The van der Waals surface area contributed by atoms with E-state index in [1.807, 2.05) is 38.1 Å². The Bertz CT molecular complexity index is 726. The third kappa shape index (κ3) is 4.85. The van der Waals surface area contributed by atoms with Crippen molar-refractivity contribution in [1.29, 1.82) is 0 Å². The van der Waals surface area contributed by atoms with Gasteiger partial charge < -0.3 is 15.8 Å². The summed E-state index contributed by atoms with van der Waals surface area (Å²) in [5.74, 6) is -0.0210. The second-order valence-corrected chi connectivity index (χ2v) is 5.40. The number of aryl methyl sites for hydroxylation is 2. The lowest BCUT2D eigenvalue weighted by molar-refractivity contribution is -0.123. The summed E-state index contributed by atoms with van der Waals surface area (Å²) in [6.45, 7) is 4.20. The van der Waals surface area contributed by atoms with Crippen LogP contribution in [0.2, 0.25) is 0 Å². The zero-order valence-electron chi connectivity index (χ0n) is 13.3. The lowest BCUT2D eigenvalue weighted by Crippen LogP contribution is -2.28. The number of nitrogens with two attached hydrogens (primary N) is 1. The zero-order chi connectivity index (χ0) is 16.8. The molecule has 0 aromatic heterocycles. The smallest absolute Gasteiger partial charge is 0.258 e. The summed E-state index contributed by atoms with van der Waals surface area (Å²) in [6, 6.07) is 12.6. The predicted molar refractivity (Wildman–Crippen MR) is 88.2 cm³/mol. The maximum absolute atomic E-state index is 11.9. The number of benzene rings is 2. The Morgan fingerprint density at radius 1 is 1.13 bits per heavy atom. The molecular weight excluding hydrogens is 292 g/mol. The van der Waals surface area contributed by atoms with E-state index >= 15 is 0 Å². The molecule has 0 aliphatic carbocycles. The maximum atomic E-state index is 11.9. The van der Waals surface area contributed by atoms with E-state index in [1.54, 1.807) is 18.2 Å². The Hall–Kier alpha value is -2.82. The molecule has 0 fully saturated rings. The number of hydrogen-bond donors (Lipinski definition) is 2. The molecule has 0 spiro atoms. The quantitative estimate of drug-likeness (QED) is 0.857. The van der Waals surface area contributed by atoms with Gasteiger partial charge >= 0.3 is 0 Å². The van der Waals surface area contributed by atoms with Gasteiger partial charge in [0.2, 0.25) is 5.91 Å². The third-order valence-corrected chi connectivity index (χ3v) is 3.39. The van der Waals surface area contributed by atoms with Crippen LogP contribution in [-0.2, 0) is 11.3 Å². The molecule has 0 aliphatic heterocycles. The van der Waals surface area contributed by atoms with E-state index in [-0.39, 0.29) is 12.5 Å². The van der Waals surface area contributed by atoms with Crippen molar-refractivity contribution in [3.8, 4) is 5.75 Å². The molecule has 3 N–H and O–H groups in total. The molecule has 2 rings (SSSR count). The van der Waals surface area contributed by atoms with Gasteiger partial charge in [-0.05, 0) is 43.2 Å². The fourth-order valence-corrected chi connectivity index (χ4v) is 2.19. The van der Waals surface area contributed by atoms with Crippen LogP contribution in [-0.4, -0.2) is 18.4 Å². The van der Waals surface area contributed by atoms with Crippen LogP contribution < -0.4 is 15.8 Å². The van der Waals surface area contributed by atoms with Gasteiger partial charge in [0.1, 0.15) is 5.75 Å². The van der Waals surface area contributed by atoms with Gasteiger partial charge in [-0.3, -0.25) is 9.59 Å². The summed E-state index contributed by atoms with van der Waals surface area (Å²) in [7, 11) is 0. The first-order chi connectivity index (χ1) is 11.0. The number of carbonyl (C=O) groups is 2. The Balaban J connectivity index is 1.85. The Labute approximate surface area is 135 Å². The molecule has 0 atom stereocenters. The Morgan fingerprint density at radius 2 is 1.91 bits per heavy atom. The minimum absolute atomic E-state index is 0.0561. The van der Waals surface area contributed by atoms with Crippen molar-refractivity contribution in [3.63, 3.8) is 0 Å². The number of ether oxygens (including phenoxy) is 1. The van der Waals surface area contributed by atoms with Gasteiger partial charge in [-0.1, -0.05) is 29.8 Å². The van der Waals surface area contributed by atoms with Crippen molar-refractivity contribution in [2.24, 2.45) is 5.73 Å². The highest BCUT2D eigenvalue weighted by Crippen LogP contribution is 2.18. The minimum Gasteiger partial charge on any atom is -0.484 e. The van der Waals surface area contributed by atoms with Gasteiger partial charge in [0.15, 0.2) is 6.61 Å². The summed E-state index contributed by atoms with van der Waals surface area (Å²) in [5, 5.41) is 2.75. The van der Waals surface area contributed by atoms with Gasteiger partial charge in [0.05, 0.1) is 0 Å². The summed E-state index contributed by atoms with van der Waals surface area (Å²) >= 11 is 0. The molecule has 0 saturated heterocycles. The van der Waals surface area contributed by atoms with Gasteiger partial charge in [0, 0.05) is 12.1 Å². The molecule has 0 heterocycles. The van der Waals surface area contributed by atoms with Crippen LogP contribution in [0.3, 0.4) is 0 Å². The average Bonchev–Trinajstić information content (AvgIpc) is 2.52. The first-order valence-electron chi connectivity index (χ1n) is 7.31. The van der Waals surface area contributed by atoms with Gasteiger partial charge in [-0.2, -0.15) is 0 Å². The van der Waals surface area contributed by atoms with E-state index in [1.165, 1.54) is 0 Å². The van der Waals surface area contributed by atoms with Gasteiger partial charge in [-0.25, -0.2) is 0 Å². The molecule has 0 saturated carbocycles. The molecule has 2 aromatic rings. The minimum atomic E-state index is -0.489. The zero-order valence-corrected chi connectivity index (χ0v) is 13.3. The monoisotopic (exact) mass is 312 g/mol. The van der Waals surface area contributed by atoms with Crippen molar-refractivity contribution in [2.75, 3.05) is 6.61 Å². The molecular formula is C18H20N2O3. The first-order valence-corrected chi connectivity index (χ1v) is 7.31. The summed E-state index contributed by atoms with van der Waals surface area (Å²) in [4.78, 5) is 23.0. The number of hydrogen-bond acceptors (Lipinski definition) is 3. The molecule has 0 radical (unpaired) electrons. The standard InChI is InChI=1S/C18H20N2O3/c1-12-6-7-16(13(2)8-12)23-11-17(21)20-10-14-4-3-5-15(9-14)18(19)22/h3-9H,10-11H2,1-2H3,(H2,19,22)(H,20,21). The van der Waals surface area contributed by atoms with E-state index in [4.69, 9.17) is 10.5 Å². The van der Waals surface area contributed by atoms with Crippen molar-refractivity contribution < 1.29 is 14.3 Å².